The van der Waals surface area contributed by atoms with Crippen LogP contribution in [0.25, 0.3) is 22.5 Å². The number of pyridine rings is 4. The molecule has 0 spiro atoms. The summed E-state index contributed by atoms with van der Waals surface area (Å²) in [6.07, 6.45) is 10.3. The quantitative estimate of drug-likeness (QED) is 0.256. The number of hydrogen-bond acceptors (Lipinski definition) is 11. The number of anilines is 4. The van der Waals surface area contributed by atoms with Gasteiger partial charge in [-0.15, -0.1) is 0 Å². The normalized spacial score (nSPS) is 21.9. The molecule has 296 valence electrons. The Morgan fingerprint density at radius 1 is 0.696 bits per heavy atom. The van der Waals surface area contributed by atoms with Gasteiger partial charge in [0.05, 0.1) is 28.8 Å². The second kappa shape index (κ2) is 16.7. The van der Waals surface area contributed by atoms with E-state index < -0.39 is 0 Å². The van der Waals surface area contributed by atoms with E-state index in [1.807, 2.05) is 55.4 Å². The molecule has 0 unspecified atom stereocenters. The number of urea groups is 1. The van der Waals surface area contributed by atoms with Gasteiger partial charge in [0.1, 0.15) is 0 Å². The number of fused-ring (bicyclic) bond motifs is 8. The number of nitrogens with one attached hydrogen (secondary N) is 2. The van der Waals surface area contributed by atoms with Crippen molar-refractivity contribution in [3.63, 3.8) is 0 Å². The first-order chi connectivity index (χ1) is 27.2. The summed E-state index contributed by atoms with van der Waals surface area (Å²) in [4.78, 5) is 43.1. The van der Waals surface area contributed by atoms with Gasteiger partial charge in [-0.25, -0.2) is 14.8 Å². The van der Waals surface area contributed by atoms with E-state index in [4.69, 9.17) is 15.7 Å². The van der Waals surface area contributed by atoms with Crippen LogP contribution in [0.3, 0.4) is 0 Å². The van der Waals surface area contributed by atoms with Crippen LogP contribution in [0.5, 0.6) is 0 Å². The predicted octanol–water partition coefficient (Wildman–Crippen LogP) is 5.15. The predicted molar refractivity (Wildman–Crippen MR) is 226 cm³/mol. The third-order valence-corrected chi connectivity index (χ3v) is 12.1. The standard InChI is InChI=1S/C22H28N6O.C15H16N4.C6H14N2/c1-15-3-4-16(13-23-15)19-5-6-20-21(25-19)28(18-9-12-27(20)14-18)22(29)24-17-7-10-26(2)11-8-17;1-10-2-3-11(8-16-10)13-4-5-14-15(18-13)17-12-6-7-19(14)9-12;1-8-4-2-6(7)3-5-8/h3-6,13,17-18H,7-12,14H2,1-2H3,(H,24,29);2-5,8,12H,6-7,9H2,1H3,(H,17,18);6H,2-5,7H2,1H3/t18-;12-;/m00./s1. The lowest BCUT2D eigenvalue weighted by Gasteiger charge is -2.37. The molecule has 6 aliphatic heterocycles. The van der Waals surface area contributed by atoms with Gasteiger partial charge in [0.2, 0.25) is 0 Å². The molecule has 6 aliphatic rings. The number of rotatable bonds is 3. The summed E-state index contributed by atoms with van der Waals surface area (Å²) in [6, 6.07) is 18.0. The van der Waals surface area contributed by atoms with Gasteiger partial charge >= 0.3 is 6.03 Å². The molecule has 4 N–H and O–H groups in total. The Labute approximate surface area is 331 Å². The van der Waals surface area contributed by atoms with Crippen LogP contribution in [-0.4, -0.2) is 126 Å². The lowest BCUT2D eigenvalue weighted by Crippen LogP contribution is -2.54. The molecule has 4 bridgehead atoms. The third-order valence-electron chi connectivity index (χ3n) is 12.1. The van der Waals surface area contributed by atoms with Crippen LogP contribution in [0.15, 0.2) is 60.9 Å². The zero-order valence-electron chi connectivity index (χ0n) is 33.5. The van der Waals surface area contributed by atoms with E-state index in [2.05, 4.69) is 78.6 Å². The number of likely N-dealkylation sites (tertiary alicyclic amines) is 2. The molecule has 0 aromatic carbocycles. The average Bonchev–Trinajstić information content (AvgIpc) is 3.81. The molecule has 4 fully saturated rings. The Bertz CT molecular complexity index is 1950. The van der Waals surface area contributed by atoms with E-state index in [9.17, 15) is 4.79 Å². The first-order valence-corrected chi connectivity index (χ1v) is 20.5. The fraction of sp³-hybridized carbons (Fsp3) is 0.512. The summed E-state index contributed by atoms with van der Waals surface area (Å²) in [6.45, 7) is 12.5. The first kappa shape index (κ1) is 38.0. The molecule has 13 heteroatoms. The van der Waals surface area contributed by atoms with E-state index in [-0.39, 0.29) is 18.1 Å². The Kier molecular flexibility index (Phi) is 11.4. The lowest BCUT2D eigenvalue weighted by molar-refractivity contribution is 0.216. The highest BCUT2D eigenvalue weighted by molar-refractivity contribution is 5.97. The van der Waals surface area contributed by atoms with Gasteiger partial charge in [0, 0.05) is 79.2 Å². The molecule has 4 aromatic heterocycles. The van der Waals surface area contributed by atoms with Crippen molar-refractivity contribution in [1.82, 2.24) is 35.1 Å². The number of hydrogen-bond donors (Lipinski definition) is 3. The van der Waals surface area contributed by atoms with Crippen LogP contribution in [0.2, 0.25) is 0 Å². The summed E-state index contributed by atoms with van der Waals surface area (Å²) < 4.78 is 0. The minimum Gasteiger partial charge on any atom is -0.366 e. The lowest BCUT2D eigenvalue weighted by atomic mass is 10.1. The van der Waals surface area contributed by atoms with Gasteiger partial charge in [-0.1, -0.05) is 0 Å². The maximum atomic E-state index is 13.3. The van der Waals surface area contributed by atoms with Crippen LogP contribution in [0.4, 0.5) is 27.8 Å². The summed E-state index contributed by atoms with van der Waals surface area (Å²) in [5.74, 6) is 1.80. The Morgan fingerprint density at radius 3 is 1.91 bits per heavy atom. The topological polar surface area (TPSA) is 135 Å². The molecule has 2 amide bonds. The second-order valence-electron chi connectivity index (χ2n) is 16.5. The smallest absolute Gasteiger partial charge is 0.323 e. The highest BCUT2D eigenvalue weighted by Gasteiger charge is 2.41. The SMILES string of the molecule is CN1CCC(N)CC1.Cc1ccc(-c2ccc3c(n2)N(C(=O)NC2CCN(C)CC2)[C@H]2CCN3C2)cn1.Cc1ccc(-c2ccc3c(n2)N[C@H]2CCN3C2)cn1. The maximum Gasteiger partial charge on any atom is 0.323 e. The number of carbonyl (C=O) groups excluding carboxylic acids is 1. The number of aryl methyl sites for hydroxylation is 2. The number of nitrogens with zero attached hydrogens (tertiary/aromatic N) is 9. The highest BCUT2D eigenvalue weighted by Crippen LogP contribution is 2.40. The van der Waals surface area contributed by atoms with Gasteiger partial charge in [0.25, 0.3) is 0 Å². The van der Waals surface area contributed by atoms with Crippen molar-refractivity contribution in [3.05, 3.63) is 72.3 Å². The van der Waals surface area contributed by atoms with Gasteiger partial charge in [-0.2, -0.15) is 0 Å². The number of piperidine rings is 2. The third kappa shape index (κ3) is 8.59. The van der Waals surface area contributed by atoms with Crippen LogP contribution in [-0.2, 0) is 0 Å². The van der Waals surface area contributed by atoms with Crippen molar-refractivity contribution >= 4 is 29.0 Å². The number of nitrogens with two attached hydrogens (primary N) is 1. The van der Waals surface area contributed by atoms with Crippen molar-refractivity contribution in [3.8, 4) is 22.5 Å². The Balaban J connectivity index is 0.000000139. The summed E-state index contributed by atoms with van der Waals surface area (Å²) in [5, 5.41) is 6.83. The summed E-state index contributed by atoms with van der Waals surface area (Å²) >= 11 is 0. The van der Waals surface area contributed by atoms with Crippen molar-refractivity contribution in [2.45, 2.75) is 76.5 Å². The Morgan fingerprint density at radius 2 is 1.29 bits per heavy atom. The average molecular weight is 759 g/mol. The van der Waals surface area contributed by atoms with Gasteiger partial charge in [-0.05, 0) is 141 Å². The minimum absolute atomic E-state index is 0.000894. The van der Waals surface area contributed by atoms with E-state index in [0.717, 1.165) is 110 Å². The van der Waals surface area contributed by atoms with Crippen LogP contribution in [0.1, 0.15) is 49.9 Å². The second-order valence-corrected chi connectivity index (χ2v) is 16.5. The zero-order chi connectivity index (χ0) is 38.8. The van der Waals surface area contributed by atoms with Gasteiger partial charge in [-0.3, -0.25) is 14.9 Å². The monoisotopic (exact) mass is 758 g/mol. The molecule has 10 rings (SSSR count). The van der Waals surface area contributed by atoms with Crippen molar-refractivity contribution in [2.24, 2.45) is 5.73 Å². The first-order valence-electron chi connectivity index (χ1n) is 20.5. The summed E-state index contributed by atoms with van der Waals surface area (Å²) in [5.41, 5.74) is 13.9. The van der Waals surface area contributed by atoms with Crippen LogP contribution < -0.4 is 31.1 Å². The van der Waals surface area contributed by atoms with Crippen LogP contribution in [0, 0.1) is 13.8 Å². The fourth-order valence-corrected chi connectivity index (χ4v) is 8.56. The van der Waals surface area contributed by atoms with Gasteiger partial charge in [0.15, 0.2) is 11.6 Å². The van der Waals surface area contributed by atoms with E-state index in [1.54, 1.807) is 0 Å². The molecule has 4 saturated heterocycles. The molecule has 13 nitrogen and oxygen atoms in total. The van der Waals surface area contributed by atoms with E-state index >= 15 is 0 Å². The largest absolute Gasteiger partial charge is 0.366 e. The van der Waals surface area contributed by atoms with E-state index in [1.165, 1.54) is 38.0 Å². The molecule has 0 saturated carbocycles. The van der Waals surface area contributed by atoms with Crippen LogP contribution >= 0.6 is 0 Å². The number of amides is 2. The van der Waals surface area contributed by atoms with Crippen molar-refractivity contribution in [2.75, 3.05) is 86.5 Å². The highest BCUT2D eigenvalue weighted by atomic mass is 16.2. The van der Waals surface area contributed by atoms with Crippen molar-refractivity contribution in [1.29, 1.82) is 0 Å². The van der Waals surface area contributed by atoms with E-state index in [0.29, 0.717) is 12.1 Å². The molecular formula is C43H58N12O. The molecule has 0 aliphatic carbocycles. The zero-order valence-corrected chi connectivity index (χ0v) is 33.5. The molecular weight excluding hydrogens is 701 g/mol. The fourth-order valence-electron chi connectivity index (χ4n) is 8.56. The molecule has 56 heavy (non-hydrogen) atoms. The summed E-state index contributed by atoms with van der Waals surface area (Å²) in [7, 11) is 4.28. The van der Waals surface area contributed by atoms with Crippen molar-refractivity contribution < 1.29 is 4.79 Å². The molecule has 10 heterocycles. The minimum atomic E-state index is -0.000894. The number of carbonyl (C=O) groups is 1. The number of aromatic nitrogens is 4. The molecule has 0 radical (unpaired) electrons. The van der Waals surface area contributed by atoms with Gasteiger partial charge < -0.3 is 36.0 Å². The molecule has 4 aromatic rings. The molecule has 2 atom stereocenters. The maximum absolute atomic E-state index is 13.3. The Hall–Kier alpha value is -4.85.